The van der Waals surface area contributed by atoms with Gasteiger partial charge >= 0.3 is 0 Å². The number of hydrogen-bond donors (Lipinski definition) is 1. The molecule has 126 valence electrons. The van der Waals surface area contributed by atoms with Gasteiger partial charge in [-0.15, -0.1) is 10.2 Å². The number of aromatic nitrogens is 5. The summed E-state index contributed by atoms with van der Waals surface area (Å²) in [5.41, 5.74) is 1.81. The maximum Gasteiger partial charge on any atom is 0.243 e. The van der Waals surface area contributed by atoms with Gasteiger partial charge in [0.05, 0.1) is 30.5 Å². The zero-order valence-corrected chi connectivity index (χ0v) is 13.7. The molecule has 3 aromatic rings. The quantitative estimate of drug-likeness (QED) is 0.703. The summed E-state index contributed by atoms with van der Waals surface area (Å²) in [6.45, 7) is 3.38. The molecule has 8 nitrogen and oxygen atoms in total. The average Bonchev–Trinajstić information content (AvgIpc) is 3.23. The molecule has 0 saturated carbocycles. The van der Waals surface area contributed by atoms with Crippen molar-refractivity contribution in [1.29, 1.82) is 0 Å². The lowest BCUT2D eigenvalue weighted by Gasteiger charge is -2.14. The van der Waals surface area contributed by atoms with E-state index < -0.39 is 0 Å². The summed E-state index contributed by atoms with van der Waals surface area (Å²) in [6, 6.07) is 7.37. The summed E-state index contributed by atoms with van der Waals surface area (Å²) in [6.07, 6.45) is 3.32. The van der Waals surface area contributed by atoms with Crippen molar-refractivity contribution in [3.05, 3.63) is 42.7 Å². The van der Waals surface area contributed by atoms with E-state index in [1.54, 1.807) is 19.8 Å². The monoisotopic (exact) mass is 328 g/mol. The summed E-state index contributed by atoms with van der Waals surface area (Å²) in [7, 11) is 1.64. The van der Waals surface area contributed by atoms with E-state index in [1.807, 2.05) is 40.3 Å². The Bertz CT molecular complexity index is 825. The van der Waals surface area contributed by atoms with Crippen molar-refractivity contribution < 1.29 is 9.53 Å². The van der Waals surface area contributed by atoms with Gasteiger partial charge in [-0.05, 0) is 19.1 Å². The molecule has 1 aromatic carbocycles. The van der Waals surface area contributed by atoms with Crippen molar-refractivity contribution in [2.24, 2.45) is 0 Å². The van der Waals surface area contributed by atoms with Gasteiger partial charge in [-0.2, -0.15) is 0 Å². The first kappa shape index (κ1) is 16.1. The van der Waals surface area contributed by atoms with Crippen LogP contribution < -0.4 is 5.32 Å². The number of imidazole rings is 1. The molecule has 0 bridgehead atoms. The molecular formula is C16H20N6O2. The predicted octanol–water partition coefficient (Wildman–Crippen LogP) is 1.15. The molecule has 1 amide bonds. The number of rotatable bonds is 7. The highest BCUT2D eigenvalue weighted by atomic mass is 16.5. The lowest BCUT2D eigenvalue weighted by atomic mass is 10.2. The van der Waals surface area contributed by atoms with Gasteiger partial charge in [0.2, 0.25) is 5.91 Å². The molecule has 3 rings (SSSR count). The van der Waals surface area contributed by atoms with Crippen LogP contribution >= 0.6 is 0 Å². The van der Waals surface area contributed by atoms with Crippen LogP contribution in [0.2, 0.25) is 0 Å². The van der Waals surface area contributed by atoms with Gasteiger partial charge in [-0.1, -0.05) is 12.1 Å². The normalized spacial score (nSPS) is 12.4. The Kier molecular flexibility index (Phi) is 4.85. The topological polar surface area (TPSA) is 86.9 Å². The maximum atomic E-state index is 12.5. The molecule has 1 atom stereocenters. The number of ether oxygens (including phenoxy) is 1. The minimum Gasteiger partial charge on any atom is -0.383 e. The Hall–Kier alpha value is -2.74. The number of carbonyl (C=O) groups is 1. The second-order valence-corrected chi connectivity index (χ2v) is 5.47. The molecule has 24 heavy (non-hydrogen) atoms. The number of benzene rings is 1. The standard InChI is InChI=1S/C16H20N6O2/c1-12(22-10-18-13-5-3-4-6-14(13)22)16(23)17-9-15-20-19-11-21(15)7-8-24-2/h3-6,10-12H,7-9H2,1-2H3,(H,17,23). The van der Waals surface area contributed by atoms with E-state index in [4.69, 9.17) is 4.74 Å². The summed E-state index contributed by atoms with van der Waals surface area (Å²) in [5.74, 6) is 0.600. The van der Waals surface area contributed by atoms with E-state index in [2.05, 4.69) is 20.5 Å². The number of para-hydroxylation sites is 2. The molecular weight excluding hydrogens is 308 g/mol. The third-order valence-corrected chi connectivity index (χ3v) is 3.93. The number of nitrogens with zero attached hydrogens (tertiary/aromatic N) is 5. The van der Waals surface area contributed by atoms with Gasteiger partial charge in [-0.3, -0.25) is 4.79 Å². The third kappa shape index (κ3) is 3.28. The fourth-order valence-corrected chi connectivity index (χ4v) is 2.52. The van der Waals surface area contributed by atoms with Crippen LogP contribution in [0.1, 0.15) is 18.8 Å². The Morgan fingerprint density at radius 3 is 3.00 bits per heavy atom. The highest BCUT2D eigenvalue weighted by molar-refractivity contribution is 5.83. The predicted molar refractivity (Wildman–Crippen MR) is 88.2 cm³/mol. The molecule has 0 aliphatic rings. The van der Waals surface area contributed by atoms with Crippen LogP contribution in [0.4, 0.5) is 0 Å². The van der Waals surface area contributed by atoms with Gasteiger partial charge in [0.15, 0.2) is 5.82 Å². The van der Waals surface area contributed by atoms with Crippen LogP contribution in [0, 0.1) is 0 Å². The van der Waals surface area contributed by atoms with Crippen LogP contribution in [0.5, 0.6) is 0 Å². The summed E-state index contributed by atoms with van der Waals surface area (Å²) >= 11 is 0. The van der Waals surface area contributed by atoms with E-state index in [0.29, 0.717) is 25.5 Å². The molecule has 2 aromatic heterocycles. The van der Waals surface area contributed by atoms with Crippen LogP contribution in [0.25, 0.3) is 11.0 Å². The Balaban J connectivity index is 1.66. The first-order chi connectivity index (χ1) is 11.7. The van der Waals surface area contributed by atoms with Crippen molar-refractivity contribution in [2.75, 3.05) is 13.7 Å². The Labute approximate surface area is 139 Å². The lowest BCUT2D eigenvalue weighted by molar-refractivity contribution is -0.124. The molecule has 0 radical (unpaired) electrons. The maximum absolute atomic E-state index is 12.5. The molecule has 8 heteroatoms. The Morgan fingerprint density at radius 1 is 1.33 bits per heavy atom. The van der Waals surface area contributed by atoms with Gasteiger partial charge in [0.25, 0.3) is 0 Å². The highest BCUT2D eigenvalue weighted by Crippen LogP contribution is 2.17. The fourth-order valence-electron chi connectivity index (χ4n) is 2.52. The number of carbonyl (C=O) groups excluding carboxylic acids is 1. The molecule has 0 aliphatic heterocycles. The van der Waals surface area contributed by atoms with Gasteiger partial charge in [0, 0.05) is 13.7 Å². The summed E-state index contributed by atoms with van der Waals surface area (Å²) in [4.78, 5) is 16.8. The average molecular weight is 328 g/mol. The van der Waals surface area contributed by atoms with Crippen molar-refractivity contribution in [3.8, 4) is 0 Å². The number of fused-ring (bicyclic) bond motifs is 1. The first-order valence-corrected chi connectivity index (χ1v) is 7.75. The zero-order chi connectivity index (χ0) is 16.9. The smallest absolute Gasteiger partial charge is 0.243 e. The molecule has 1 N–H and O–H groups in total. The molecule has 0 aliphatic carbocycles. The minimum absolute atomic E-state index is 0.0977. The number of amides is 1. The SMILES string of the molecule is COCCn1cnnc1CNC(=O)C(C)n1cnc2ccccc21. The minimum atomic E-state index is -0.368. The summed E-state index contributed by atoms with van der Waals surface area (Å²) in [5, 5.41) is 10.8. The van der Waals surface area contributed by atoms with Crippen molar-refractivity contribution in [2.45, 2.75) is 26.1 Å². The zero-order valence-electron chi connectivity index (χ0n) is 13.7. The van der Waals surface area contributed by atoms with Gasteiger partial charge in [0.1, 0.15) is 12.4 Å². The van der Waals surface area contributed by atoms with E-state index in [0.717, 1.165) is 11.0 Å². The number of methoxy groups -OCH3 is 1. The van der Waals surface area contributed by atoms with Gasteiger partial charge in [-0.25, -0.2) is 4.98 Å². The van der Waals surface area contributed by atoms with Crippen LogP contribution in [-0.2, 0) is 22.6 Å². The largest absolute Gasteiger partial charge is 0.383 e. The second kappa shape index (κ2) is 7.22. The van der Waals surface area contributed by atoms with Crippen LogP contribution in [-0.4, -0.2) is 43.9 Å². The fraction of sp³-hybridized carbons (Fsp3) is 0.375. The van der Waals surface area contributed by atoms with E-state index in [9.17, 15) is 4.79 Å². The number of nitrogens with one attached hydrogen (secondary N) is 1. The Morgan fingerprint density at radius 2 is 2.17 bits per heavy atom. The number of hydrogen-bond acceptors (Lipinski definition) is 5. The highest BCUT2D eigenvalue weighted by Gasteiger charge is 2.17. The first-order valence-electron chi connectivity index (χ1n) is 7.75. The van der Waals surface area contributed by atoms with E-state index in [-0.39, 0.29) is 11.9 Å². The lowest BCUT2D eigenvalue weighted by Crippen LogP contribution is -2.31. The molecule has 1 unspecified atom stereocenters. The molecule has 0 fully saturated rings. The van der Waals surface area contributed by atoms with Crippen LogP contribution in [0.3, 0.4) is 0 Å². The third-order valence-electron chi connectivity index (χ3n) is 3.93. The second-order valence-electron chi connectivity index (χ2n) is 5.47. The van der Waals surface area contributed by atoms with Crippen LogP contribution in [0.15, 0.2) is 36.9 Å². The van der Waals surface area contributed by atoms with Crippen molar-refractivity contribution >= 4 is 16.9 Å². The molecule has 2 heterocycles. The van der Waals surface area contributed by atoms with E-state index >= 15 is 0 Å². The van der Waals surface area contributed by atoms with E-state index in [1.165, 1.54) is 0 Å². The van der Waals surface area contributed by atoms with Crippen molar-refractivity contribution in [1.82, 2.24) is 29.6 Å². The summed E-state index contributed by atoms with van der Waals surface area (Å²) < 4.78 is 8.77. The molecule has 0 spiro atoms. The molecule has 0 saturated heterocycles. The van der Waals surface area contributed by atoms with Crippen molar-refractivity contribution in [3.63, 3.8) is 0 Å². The van der Waals surface area contributed by atoms with Gasteiger partial charge < -0.3 is 19.2 Å².